The zero-order chi connectivity index (χ0) is 24.9. The molecule has 7 N–H and O–H groups in total. The first-order valence-electron chi connectivity index (χ1n) is 10.5. The molecule has 0 aliphatic rings. The lowest BCUT2D eigenvalue weighted by Crippen LogP contribution is -2.32. The highest BCUT2D eigenvalue weighted by atomic mass is 32.2. The van der Waals surface area contributed by atoms with E-state index in [9.17, 15) is 4.79 Å². The third kappa shape index (κ3) is 10.3. The molecule has 0 aliphatic carbocycles. The van der Waals surface area contributed by atoms with E-state index in [-0.39, 0.29) is 13.0 Å². The van der Waals surface area contributed by atoms with Crippen LogP contribution in [-0.2, 0) is 4.79 Å². The standard InChI is InChI=1S/C17H23N5O2S2.C7H8O/c1-21(11-14(18)12-22(19)10-9-16(23)20-24)26-17-8-7-15(25-17)13-5-3-2-4-6-13;1-6-2-4-7(8)5-3-6/h2-8,12,24H,9-11,18-19H2,1H3,(H,20,23);2-5,8H,1H3/b14-12-;. The number of phenols is 1. The Balaban J connectivity index is 0.000000430. The van der Waals surface area contributed by atoms with Crippen LogP contribution in [0.15, 0.2) is 82.8 Å². The number of nitrogens with zero attached hydrogens (tertiary/aromatic N) is 2. The minimum absolute atomic E-state index is 0.0822. The molecule has 10 heteroatoms. The molecule has 0 fully saturated rings. The number of hydroxylamine groups is 1. The van der Waals surface area contributed by atoms with Crippen molar-refractivity contribution in [2.75, 3.05) is 20.1 Å². The van der Waals surface area contributed by atoms with Gasteiger partial charge in [0.15, 0.2) is 0 Å². The molecule has 1 heterocycles. The second-order valence-corrected chi connectivity index (χ2v) is 10.0. The average molecular weight is 502 g/mol. The topological polar surface area (TPSA) is 128 Å². The Hall–Kier alpha value is -3.02. The molecule has 0 saturated carbocycles. The number of thiophene rings is 1. The summed E-state index contributed by atoms with van der Waals surface area (Å²) in [5, 5.41) is 18.5. The maximum atomic E-state index is 11.0. The Kier molecular flexibility index (Phi) is 11.4. The molecule has 1 aromatic heterocycles. The number of benzene rings is 2. The molecule has 0 spiro atoms. The SMILES string of the molecule is CN(C/C(N)=C/N(N)CCC(=O)NO)Sc1ccc(-c2ccccc2)s1.Cc1ccc(O)cc1. The predicted octanol–water partition coefficient (Wildman–Crippen LogP) is 3.93. The molecule has 8 nitrogen and oxygen atoms in total. The number of nitrogens with two attached hydrogens (primary N) is 2. The zero-order valence-corrected chi connectivity index (χ0v) is 20.9. The van der Waals surface area contributed by atoms with E-state index in [2.05, 4.69) is 24.3 Å². The first-order valence-corrected chi connectivity index (χ1v) is 12.1. The number of hydrazine groups is 1. The molecule has 182 valence electrons. The molecular weight excluding hydrogens is 470 g/mol. The Morgan fingerprint density at radius 1 is 1.12 bits per heavy atom. The Morgan fingerprint density at radius 2 is 1.79 bits per heavy atom. The molecule has 34 heavy (non-hydrogen) atoms. The number of phenolic OH excluding ortho intramolecular Hbond substituents is 1. The number of aryl methyl sites for hydroxylation is 1. The Morgan fingerprint density at radius 3 is 2.41 bits per heavy atom. The van der Waals surface area contributed by atoms with Crippen LogP contribution in [0.5, 0.6) is 5.75 Å². The normalized spacial score (nSPS) is 11.0. The van der Waals surface area contributed by atoms with Gasteiger partial charge >= 0.3 is 0 Å². The summed E-state index contributed by atoms with van der Waals surface area (Å²) in [4.78, 5) is 12.2. The van der Waals surface area contributed by atoms with Crippen LogP contribution >= 0.6 is 23.3 Å². The fourth-order valence-electron chi connectivity index (χ4n) is 2.72. The minimum atomic E-state index is -0.494. The highest BCUT2D eigenvalue weighted by Gasteiger charge is 2.08. The van der Waals surface area contributed by atoms with Crippen molar-refractivity contribution in [3.63, 3.8) is 0 Å². The summed E-state index contributed by atoms with van der Waals surface area (Å²) in [6.45, 7) is 2.76. The van der Waals surface area contributed by atoms with Crippen molar-refractivity contribution in [1.82, 2.24) is 14.8 Å². The van der Waals surface area contributed by atoms with E-state index in [1.54, 1.807) is 47.1 Å². The molecule has 0 aliphatic heterocycles. The molecule has 2 aromatic carbocycles. The number of amides is 1. The van der Waals surface area contributed by atoms with Crippen LogP contribution in [0.25, 0.3) is 10.4 Å². The van der Waals surface area contributed by atoms with Crippen LogP contribution in [-0.4, -0.2) is 45.7 Å². The molecule has 0 bridgehead atoms. The number of rotatable bonds is 9. The van der Waals surface area contributed by atoms with Crippen molar-refractivity contribution in [2.45, 2.75) is 17.6 Å². The van der Waals surface area contributed by atoms with Gasteiger partial charge in [0.05, 0.1) is 10.8 Å². The van der Waals surface area contributed by atoms with E-state index in [0.29, 0.717) is 18.0 Å². The van der Waals surface area contributed by atoms with E-state index < -0.39 is 5.91 Å². The lowest BCUT2D eigenvalue weighted by atomic mass is 10.2. The maximum Gasteiger partial charge on any atom is 0.245 e. The van der Waals surface area contributed by atoms with Gasteiger partial charge in [0.2, 0.25) is 5.91 Å². The second kappa shape index (κ2) is 14.3. The van der Waals surface area contributed by atoms with Crippen LogP contribution in [0.3, 0.4) is 0 Å². The second-order valence-electron chi connectivity index (χ2n) is 7.42. The summed E-state index contributed by atoms with van der Waals surface area (Å²) in [7, 11) is 1.95. The van der Waals surface area contributed by atoms with Gasteiger partial charge in [-0.15, -0.1) is 11.3 Å². The Labute approximate surface area is 208 Å². The van der Waals surface area contributed by atoms with Gasteiger partial charge in [-0.25, -0.2) is 15.6 Å². The van der Waals surface area contributed by atoms with Crippen LogP contribution < -0.4 is 17.1 Å². The summed E-state index contributed by atoms with van der Waals surface area (Å²) in [5.41, 5.74) is 10.5. The number of nitrogens with one attached hydrogen (secondary N) is 1. The molecule has 0 radical (unpaired) electrons. The summed E-state index contributed by atoms with van der Waals surface area (Å²) in [6.07, 6.45) is 1.67. The van der Waals surface area contributed by atoms with E-state index >= 15 is 0 Å². The van der Waals surface area contributed by atoms with E-state index in [4.69, 9.17) is 21.9 Å². The zero-order valence-electron chi connectivity index (χ0n) is 19.2. The third-order valence-corrected chi connectivity index (χ3v) is 6.54. The number of hydrogen-bond acceptors (Lipinski definition) is 9. The molecule has 3 rings (SSSR count). The number of carbonyl (C=O) groups is 1. The van der Waals surface area contributed by atoms with Crippen molar-refractivity contribution in [1.29, 1.82) is 0 Å². The average Bonchev–Trinajstić information content (AvgIpc) is 3.28. The van der Waals surface area contributed by atoms with Gasteiger partial charge in [0, 0.05) is 29.7 Å². The van der Waals surface area contributed by atoms with E-state index in [0.717, 1.165) is 0 Å². The molecule has 0 unspecified atom stereocenters. The van der Waals surface area contributed by atoms with Gasteiger partial charge < -0.3 is 15.8 Å². The van der Waals surface area contributed by atoms with E-state index in [1.807, 2.05) is 48.6 Å². The highest BCUT2D eigenvalue weighted by molar-refractivity contribution is 7.99. The van der Waals surface area contributed by atoms with Gasteiger partial charge in [0.1, 0.15) is 5.75 Å². The molecule has 0 atom stereocenters. The largest absolute Gasteiger partial charge is 0.508 e. The van der Waals surface area contributed by atoms with Gasteiger partial charge in [-0.2, -0.15) is 0 Å². The van der Waals surface area contributed by atoms with Crippen molar-refractivity contribution in [3.05, 3.63) is 84.2 Å². The van der Waals surface area contributed by atoms with Gasteiger partial charge in [-0.3, -0.25) is 10.0 Å². The summed E-state index contributed by atoms with van der Waals surface area (Å²) in [5.74, 6) is 5.60. The predicted molar refractivity (Wildman–Crippen MR) is 139 cm³/mol. The quantitative estimate of drug-likeness (QED) is 0.129. The number of aromatic hydroxyl groups is 1. The van der Waals surface area contributed by atoms with Crippen LogP contribution in [0.4, 0.5) is 0 Å². The summed E-state index contributed by atoms with van der Waals surface area (Å²) < 4.78 is 3.18. The van der Waals surface area contributed by atoms with E-state index in [1.165, 1.54) is 25.2 Å². The lowest BCUT2D eigenvalue weighted by Gasteiger charge is -2.18. The fraction of sp³-hybridized carbons (Fsp3) is 0.208. The van der Waals surface area contributed by atoms with Crippen LogP contribution in [0, 0.1) is 6.92 Å². The number of likely N-dealkylation sites (N-methyl/N-ethyl adjacent to an activating group) is 1. The van der Waals surface area contributed by atoms with Crippen molar-refractivity contribution in [2.24, 2.45) is 11.6 Å². The minimum Gasteiger partial charge on any atom is -0.508 e. The highest BCUT2D eigenvalue weighted by Crippen LogP contribution is 2.34. The molecule has 3 aromatic rings. The number of carbonyl (C=O) groups excluding carboxylic acids is 1. The van der Waals surface area contributed by atoms with Crippen LogP contribution in [0.2, 0.25) is 0 Å². The van der Waals surface area contributed by atoms with Crippen LogP contribution in [0.1, 0.15) is 12.0 Å². The number of hydrogen-bond donors (Lipinski definition) is 5. The first kappa shape index (κ1) is 27.2. The Bertz CT molecular complexity index is 1020. The van der Waals surface area contributed by atoms with Crippen molar-refractivity contribution in [3.8, 4) is 16.2 Å². The third-order valence-electron chi connectivity index (χ3n) is 4.38. The van der Waals surface area contributed by atoms with Crippen molar-refractivity contribution >= 4 is 29.2 Å². The fourth-order valence-corrected chi connectivity index (χ4v) is 4.91. The smallest absolute Gasteiger partial charge is 0.245 e. The first-order chi connectivity index (χ1) is 16.3. The maximum absolute atomic E-state index is 11.0. The molecule has 0 saturated heterocycles. The monoisotopic (exact) mass is 501 g/mol. The summed E-state index contributed by atoms with van der Waals surface area (Å²) >= 11 is 3.34. The molecule has 1 amide bonds. The summed E-state index contributed by atoms with van der Waals surface area (Å²) in [6, 6.07) is 21.6. The molecular formula is C24H31N5O3S2. The van der Waals surface area contributed by atoms with Gasteiger partial charge in [-0.1, -0.05) is 48.0 Å². The van der Waals surface area contributed by atoms with Gasteiger partial charge in [0.25, 0.3) is 0 Å². The van der Waals surface area contributed by atoms with Crippen molar-refractivity contribution < 1.29 is 15.1 Å². The lowest BCUT2D eigenvalue weighted by molar-refractivity contribution is -0.129. The van der Waals surface area contributed by atoms with Gasteiger partial charge in [-0.05, 0) is 55.7 Å².